The first-order valence-electron chi connectivity index (χ1n) is 1.92. The van der Waals surface area contributed by atoms with Crippen LogP contribution in [0.3, 0.4) is 0 Å². The van der Waals surface area contributed by atoms with Gasteiger partial charge in [-0.25, -0.2) is 7.11 Å². The molecular weight excluding hydrogens is 347 g/mol. The van der Waals surface area contributed by atoms with Gasteiger partial charge in [-0.3, -0.25) is 0 Å². The van der Waals surface area contributed by atoms with E-state index in [0.29, 0.717) is 12.7 Å². The van der Waals surface area contributed by atoms with Crippen molar-refractivity contribution in [3.8, 4) is 0 Å². The molecule has 0 aliphatic carbocycles. The first-order chi connectivity index (χ1) is 2.93. The van der Waals surface area contributed by atoms with Gasteiger partial charge in [-0.05, 0) is 0 Å². The van der Waals surface area contributed by atoms with Gasteiger partial charge in [-0.2, -0.15) is 0 Å². The predicted molar refractivity (Wildman–Crippen MR) is 21.0 cm³/mol. The molecule has 0 aromatic rings. The van der Waals surface area contributed by atoms with E-state index in [1.54, 1.807) is 0 Å². The molecule has 1 unspecified atom stereocenters. The van der Waals surface area contributed by atoms with Gasteiger partial charge in [0.05, 0.1) is 6.61 Å². The quantitative estimate of drug-likeness (QED) is 0.522. The fraction of sp³-hybridized carbons (Fsp3) is 0.750. The van der Waals surface area contributed by atoms with Crippen LogP contribution in [0.15, 0.2) is 0 Å². The second-order valence-electron chi connectivity index (χ2n) is 1.33. The third-order valence-electron chi connectivity index (χ3n) is 0.706. The molecule has 0 spiro atoms. The van der Waals surface area contributed by atoms with Gasteiger partial charge >= 0.3 is 0 Å². The molecule has 2 nitrogen and oxygen atoms in total. The average Bonchev–Trinajstić information content (AvgIpc) is 2.21. The van der Waals surface area contributed by atoms with Crippen LogP contribution >= 0.6 is 0 Å². The summed E-state index contributed by atoms with van der Waals surface area (Å²) >= 11 is 0. The standard InChI is InChI=1S/C4H7O2.Rf/c1-5-2-4-3-6-4;/h4H,1-3H2;/q-1;. The summed E-state index contributed by atoms with van der Waals surface area (Å²) in [5.74, 6) is 0. The molecule has 0 N–H and O–H groups in total. The van der Waals surface area contributed by atoms with Gasteiger partial charge in [-0.1, -0.05) is 0 Å². The Morgan fingerprint density at radius 1 is 1.86 bits per heavy atom. The molecule has 1 aliphatic heterocycles. The minimum atomic E-state index is 0. The SMILES string of the molecule is [CH2-]OCC1CO1.[Rf]. The Bertz CT molecular complexity index is 45.0. The Hall–Kier alpha value is -1.08. The van der Waals surface area contributed by atoms with Gasteiger partial charge in [0.1, 0.15) is 6.10 Å². The molecule has 1 saturated heterocycles. The normalized spacial score (nSPS) is 26.1. The molecule has 1 fully saturated rings. The zero-order valence-electron chi connectivity index (χ0n) is 4.22. The number of hydrogen-bond donors (Lipinski definition) is 0. The van der Waals surface area contributed by atoms with E-state index in [1.165, 1.54) is 0 Å². The summed E-state index contributed by atoms with van der Waals surface area (Å²) in [5, 5.41) is 0. The predicted octanol–water partition coefficient (Wildman–Crippen LogP) is 0.193. The van der Waals surface area contributed by atoms with Crippen molar-refractivity contribution in [3.05, 3.63) is 7.11 Å². The smallest absolute Gasteiger partial charge is 0.101 e. The van der Waals surface area contributed by atoms with Crippen LogP contribution in [-0.4, -0.2) is 19.3 Å². The van der Waals surface area contributed by atoms with Crippen LogP contribution in [0.5, 0.6) is 0 Å². The van der Waals surface area contributed by atoms with Crippen molar-refractivity contribution >= 4 is 0 Å². The zero-order valence-corrected chi connectivity index (χ0v) is 10.6. The van der Waals surface area contributed by atoms with Crippen LogP contribution in [0.25, 0.3) is 0 Å². The van der Waals surface area contributed by atoms with E-state index in [0.717, 1.165) is 6.61 Å². The van der Waals surface area contributed by atoms with Crippen molar-refractivity contribution in [2.24, 2.45) is 0 Å². The molecule has 1 aliphatic rings. The number of epoxide rings is 1. The Morgan fingerprint density at radius 2 is 2.43 bits per heavy atom. The van der Waals surface area contributed by atoms with Crippen LogP contribution < -0.4 is 0 Å². The van der Waals surface area contributed by atoms with Gasteiger partial charge in [0.2, 0.25) is 0 Å². The van der Waals surface area contributed by atoms with E-state index in [4.69, 9.17) is 4.74 Å². The molecule has 7 heavy (non-hydrogen) atoms. The number of rotatable bonds is 2. The van der Waals surface area contributed by atoms with Crippen molar-refractivity contribution in [3.63, 3.8) is 0 Å². The largest absolute Gasteiger partial charge is 0.553 e. The summed E-state index contributed by atoms with van der Waals surface area (Å²) in [5.41, 5.74) is 0. The van der Waals surface area contributed by atoms with Crippen molar-refractivity contribution < 1.29 is 9.47 Å². The molecule has 0 radical (unpaired) electrons. The molecule has 0 aromatic carbocycles. The van der Waals surface area contributed by atoms with Gasteiger partial charge in [-0.15, -0.1) is 0 Å². The maximum absolute atomic E-state index is 4.78. The molecule has 0 bridgehead atoms. The van der Waals surface area contributed by atoms with E-state index in [-0.39, 0.29) is 0 Å². The fourth-order valence-corrected chi connectivity index (χ4v) is 0.296. The molecule has 3 heteroatoms. The first kappa shape index (κ1) is 5.92. The average molecular weight is 354 g/mol. The van der Waals surface area contributed by atoms with E-state index in [9.17, 15) is 0 Å². The van der Waals surface area contributed by atoms with Crippen molar-refractivity contribution in [1.29, 1.82) is 0 Å². The van der Waals surface area contributed by atoms with Gasteiger partial charge < -0.3 is 9.47 Å². The topological polar surface area (TPSA) is 21.8 Å². The van der Waals surface area contributed by atoms with Crippen LogP contribution in [-0.2, 0) is 9.47 Å². The molecule has 1 rings (SSSR count). The summed E-state index contributed by atoms with van der Waals surface area (Å²) in [6, 6.07) is 0. The maximum atomic E-state index is 4.78. The second kappa shape index (κ2) is 2.16. The fourth-order valence-electron chi connectivity index (χ4n) is 0.296. The summed E-state index contributed by atoms with van der Waals surface area (Å²) in [6.45, 7) is 1.51. The first-order valence-corrected chi connectivity index (χ1v) is 1.92. The molecule has 1 atom stereocenters. The van der Waals surface area contributed by atoms with Crippen LogP contribution in [0, 0.1) is 7.11 Å². The summed E-state index contributed by atoms with van der Waals surface area (Å²) in [6.07, 6.45) is 0.363. The van der Waals surface area contributed by atoms with E-state index in [2.05, 4.69) is 11.8 Å². The van der Waals surface area contributed by atoms with Crippen LogP contribution in [0.2, 0.25) is 0 Å². The van der Waals surface area contributed by atoms with Crippen molar-refractivity contribution in [1.82, 2.24) is 0 Å². The van der Waals surface area contributed by atoms with Crippen LogP contribution in [0.4, 0.5) is 0 Å². The summed E-state index contributed by atoms with van der Waals surface area (Å²) < 4.78 is 9.27. The molecule has 38 valence electrons. The van der Waals surface area contributed by atoms with Gasteiger partial charge in [0.15, 0.2) is 0 Å². The molecular formula is C4H7O2Rf-. The molecule has 1 heterocycles. The Kier molecular flexibility index (Phi) is 1.82. The third-order valence-corrected chi connectivity index (χ3v) is 0.706. The zero-order chi connectivity index (χ0) is 4.41. The third kappa shape index (κ3) is 1.73. The van der Waals surface area contributed by atoms with E-state index < -0.39 is 0 Å². The molecule has 0 aromatic heterocycles. The monoisotopic (exact) mass is 354 g/mol. The van der Waals surface area contributed by atoms with E-state index in [1.807, 2.05) is 0 Å². The summed E-state index contributed by atoms with van der Waals surface area (Å²) in [7, 11) is 3.19. The number of ether oxygens (including phenoxy) is 2. The second-order valence-corrected chi connectivity index (χ2v) is 1.33. The summed E-state index contributed by atoms with van der Waals surface area (Å²) in [4.78, 5) is 0. The van der Waals surface area contributed by atoms with E-state index >= 15 is 0 Å². The molecule has 0 saturated carbocycles. The minimum Gasteiger partial charge on any atom is -0.553 e. The van der Waals surface area contributed by atoms with Gasteiger partial charge in [0.25, 0.3) is 0 Å². The Balaban J connectivity index is 0.000000360. The van der Waals surface area contributed by atoms with Crippen molar-refractivity contribution in [2.75, 3.05) is 13.2 Å². The maximum Gasteiger partial charge on any atom is 0.101 e. The van der Waals surface area contributed by atoms with Crippen molar-refractivity contribution in [2.45, 2.75) is 6.10 Å². The number of hydrogen-bond acceptors (Lipinski definition) is 2. The Labute approximate surface area is 37.1 Å². The Morgan fingerprint density at radius 3 is 2.57 bits per heavy atom. The molecule has 0 amide bonds. The van der Waals surface area contributed by atoms with Crippen LogP contribution in [0.1, 0.15) is 0 Å². The van der Waals surface area contributed by atoms with Gasteiger partial charge in [0, 0.05) is 6.61 Å². The minimum absolute atomic E-state index is 0.